The lowest BCUT2D eigenvalue weighted by Gasteiger charge is -2.28. The molecule has 4 nitrogen and oxygen atoms in total. The van der Waals surface area contributed by atoms with Crippen LogP contribution in [0.25, 0.3) is 0 Å². The Morgan fingerprint density at radius 1 is 1.18 bits per heavy atom. The first-order valence-electron chi connectivity index (χ1n) is 4.92. The maximum Gasteiger partial charge on any atom is 0.433 e. The molecule has 0 unspecified atom stereocenters. The van der Waals surface area contributed by atoms with Gasteiger partial charge >= 0.3 is 6.18 Å². The molecule has 17 heavy (non-hydrogen) atoms. The Balaban J connectivity index is 0.00000144. The van der Waals surface area contributed by atoms with E-state index in [1.165, 1.54) is 0 Å². The lowest BCUT2D eigenvalue weighted by atomic mass is 10.3. The minimum Gasteiger partial charge on any atom is -0.354 e. The van der Waals surface area contributed by atoms with Gasteiger partial charge in [-0.15, -0.1) is 12.4 Å². The topological polar surface area (TPSA) is 41.0 Å². The SMILES string of the molecule is Cl.FC(F)(F)c1cc(N2CCNCC2)ncn1. The summed E-state index contributed by atoms with van der Waals surface area (Å²) in [6, 6.07) is 0.991. The zero-order valence-corrected chi connectivity index (χ0v) is 9.68. The Kier molecular flexibility index (Phi) is 4.53. The van der Waals surface area contributed by atoms with E-state index in [0.29, 0.717) is 18.9 Å². The van der Waals surface area contributed by atoms with E-state index in [-0.39, 0.29) is 12.4 Å². The largest absolute Gasteiger partial charge is 0.433 e. The molecule has 2 heterocycles. The monoisotopic (exact) mass is 268 g/mol. The molecule has 1 aliphatic heterocycles. The van der Waals surface area contributed by atoms with Gasteiger partial charge in [-0.05, 0) is 0 Å². The van der Waals surface area contributed by atoms with Crippen LogP contribution in [0.4, 0.5) is 19.0 Å². The Morgan fingerprint density at radius 3 is 2.41 bits per heavy atom. The van der Waals surface area contributed by atoms with Crippen LogP contribution >= 0.6 is 12.4 Å². The number of hydrogen-bond donors (Lipinski definition) is 1. The van der Waals surface area contributed by atoms with Gasteiger partial charge in [0.05, 0.1) is 0 Å². The summed E-state index contributed by atoms with van der Waals surface area (Å²) >= 11 is 0. The van der Waals surface area contributed by atoms with Crippen molar-refractivity contribution in [3.8, 4) is 0 Å². The van der Waals surface area contributed by atoms with E-state index in [9.17, 15) is 13.2 Å². The van der Waals surface area contributed by atoms with Crippen molar-refractivity contribution in [2.24, 2.45) is 0 Å². The van der Waals surface area contributed by atoms with E-state index in [0.717, 1.165) is 25.5 Å². The average molecular weight is 269 g/mol. The minimum atomic E-state index is -4.41. The van der Waals surface area contributed by atoms with Crippen LogP contribution in [0, 0.1) is 0 Å². The van der Waals surface area contributed by atoms with Crippen molar-refractivity contribution >= 4 is 18.2 Å². The third-order valence-corrected chi connectivity index (χ3v) is 2.38. The van der Waals surface area contributed by atoms with Crippen LogP contribution < -0.4 is 10.2 Å². The molecule has 1 N–H and O–H groups in total. The Labute approximate surface area is 103 Å². The number of nitrogens with zero attached hydrogens (tertiary/aromatic N) is 3. The summed E-state index contributed by atoms with van der Waals surface area (Å²) in [4.78, 5) is 8.90. The second kappa shape index (κ2) is 5.50. The highest BCUT2D eigenvalue weighted by Crippen LogP contribution is 2.28. The van der Waals surface area contributed by atoms with Crippen molar-refractivity contribution in [3.63, 3.8) is 0 Å². The molecule has 1 fully saturated rings. The average Bonchev–Trinajstić information content (AvgIpc) is 2.29. The number of hydrogen-bond acceptors (Lipinski definition) is 4. The first-order valence-corrected chi connectivity index (χ1v) is 4.92. The van der Waals surface area contributed by atoms with Crippen LogP contribution in [-0.4, -0.2) is 36.1 Å². The van der Waals surface area contributed by atoms with Crippen molar-refractivity contribution in [1.82, 2.24) is 15.3 Å². The zero-order valence-electron chi connectivity index (χ0n) is 8.87. The summed E-state index contributed by atoms with van der Waals surface area (Å²) in [6.07, 6.45) is -3.45. The smallest absolute Gasteiger partial charge is 0.354 e. The lowest BCUT2D eigenvalue weighted by molar-refractivity contribution is -0.141. The molecule has 1 aromatic rings. The summed E-state index contributed by atoms with van der Waals surface area (Å²) in [6.45, 7) is 2.83. The summed E-state index contributed by atoms with van der Waals surface area (Å²) < 4.78 is 37.2. The number of aromatic nitrogens is 2. The molecule has 1 aliphatic rings. The van der Waals surface area contributed by atoms with Gasteiger partial charge in [-0.25, -0.2) is 9.97 Å². The molecule has 0 radical (unpaired) electrons. The van der Waals surface area contributed by atoms with Gasteiger partial charge in [-0.3, -0.25) is 0 Å². The summed E-state index contributed by atoms with van der Waals surface area (Å²) in [5.74, 6) is 0.337. The number of alkyl halides is 3. The summed E-state index contributed by atoms with van der Waals surface area (Å²) in [5.41, 5.74) is -0.893. The third kappa shape index (κ3) is 3.44. The second-order valence-corrected chi connectivity index (χ2v) is 3.50. The predicted octanol–water partition coefficient (Wildman–Crippen LogP) is 1.33. The molecule has 96 valence electrons. The van der Waals surface area contributed by atoms with Crippen LogP contribution in [0.15, 0.2) is 12.4 Å². The quantitative estimate of drug-likeness (QED) is 0.834. The van der Waals surface area contributed by atoms with Gasteiger partial charge in [0.2, 0.25) is 0 Å². The molecular formula is C9H12ClF3N4. The van der Waals surface area contributed by atoms with E-state index in [4.69, 9.17) is 0 Å². The van der Waals surface area contributed by atoms with Gasteiger partial charge in [-0.2, -0.15) is 13.2 Å². The molecular weight excluding hydrogens is 257 g/mol. The van der Waals surface area contributed by atoms with Crippen molar-refractivity contribution in [2.75, 3.05) is 31.1 Å². The van der Waals surface area contributed by atoms with Gasteiger partial charge in [0.1, 0.15) is 17.8 Å². The van der Waals surface area contributed by atoms with Crippen molar-refractivity contribution in [2.45, 2.75) is 6.18 Å². The predicted molar refractivity (Wildman–Crippen MR) is 59.4 cm³/mol. The fraction of sp³-hybridized carbons (Fsp3) is 0.556. The Bertz CT molecular complexity index is 366. The van der Waals surface area contributed by atoms with Crippen LogP contribution in [0.5, 0.6) is 0 Å². The van der Waals surface area contributed by atoms with E-state index in [2.05, 4.69) is 15.3 Å². The van der Waals surface area contributed by atoms with Gasteiger partial charge in [-0.1, -0.05) is 0 Å². The molecule has 0 bridgehead atoms. The number of anilines is 1. The molecule has 0 aliphatic carbocycles. The maximum atomic E-state index is 12.4. The minimum absolute atomic E-state index is 0. The van der Waals surface area contributed by atoms with E-state index in [1.54, 1.807) is 0 Å². The molecule has 0 spiro atoms. The van der Waals surface area contributed by atoms with Gasteiger partial charge in [0.15, 0.2) is 0 Å². The van der Waals surface area contributed by atoms with E-state index >= 15 is 0 Å². The van der Waals surface area contributed by atoms with E-state index in [1.807, 2.05) is 4.90 Å². The van der Waals surface area contributed by atoms with Crippen LogP contribution in [-0.2, 0) is 6.18 Å². The van der Waals surface area contributed by atoms with Crippen molar-refractivity contribution in [1.29, 1.82) is 0 Å². The molecule has 0 aromatic carbocycles. The molecule has 0 atom stereocenters. The molecule has 0 saturated carbocycles. The highest BCUT2D eigenvalue weighted by Gasteiger charge is 2.33. The highest BCUT2D eigenvalue weighted by molar-refractivity contribution is 5.85. The van der Waals surface area contributed by atoms with Crippen molar-refractivity contribution in [3.05, 3.63) is 18.1 Å². The van der Waals surface area contributed by atoms with Crippen molar-refractivity contribution < 1.29 is 13.2 Å². The van der Waals surface area contributed by atoms with Crippen LogP contribution in [0.2, 0.25) is 0 Å². The van der Waals surface area contributed by atoms with Crippen LogP contribution in [0.1, 0.15) is 5.69 Å². The van der Waals surface area contributed by atoms with Gasteiger partial charge in [0, 0.05) is 32.2 Å². The van der Waals surface area contributed by atoms with Crippen LogP contribution in [0.3, 0.4) is 0 Å². The first-order chi connectivity index (χ1) is 7.57. The standard InChI is InChI=1S/C9H11F3N4.ClH/c10-9(11,12)7-5-8(15-6-14-7)16-3-1-13-2-4-16;/h5-6,13H,1-4H2;1H. The summed E-state index contributed by atoms with van der Waals surface area (Å²) in [7, 11) is 0. The third-order valence-electron chi connectivity index (χ3n) is 2.38. The first kappa shape index (κ1) is 14.0. The summed E-state index contributed by atoms with van der Waals surface area (Å²) in [5, 5.41) is 3.12. The molecule has 8 heteroatoms. The van der Waals surface area contributed by atoms with E-state index < -0.39 is 11.9 Å². The molecule has 0 amide bonds. The lowest BCUT2D eigenvalue weighted by Crippen LogP contribution is -2.44. The fourth-order valence-corrected chi connectivity index (χ4v) is 1.57. The fourth-order valence-electron chi connectivity index (χ4n) is 1.57. The number of piperazine rings is 1. The maximum absolute atomic E-state index is 12.4. The normalized spacial score (nSPS) is 16.5. The van der Waals surface area contributed by atoms with Gasteiger partial charge < -0.3 is 10.2 Å². The van der Waals surface area contributed by atoms with Gasteiger partial charge in [0.25, 0.3) is 0 Å². The number of nitrogens with one attached hydrogen (secondary N) is 1. The second-order valence-electron chi connectivity index (χ2n) is 3.50. The number of halogens is 4. The number of rotatable bonds is 1. The molecule has 2 rings (SSSR count). The Hall–Kier alpha value is -1.08. The zero-order chi connectivity index (χ0) is 11.6. The molecule has 1 saturated heterocycles. The molecule has 1 aromatic heterocycles. The Morgan fingerprint density at radius 2 is 1.82 bits per heavy atom. The highest BCUT2D eigenvalue weighted by atomic mass is 35.5.